The molecule has 0 unspecified atom stereocenters. The van der Waals surface area contributed by atoms with Gasteiger partial charge in [0.1, 0.15) is 12.1 Å². The highest BCUT2D eigenvalue weighted by molar-refractivity contribution is 5.89. The van der Waals surface area contributed by atoms with Gasteiger partial charge in [-0.25, -0.2) is 14.8 Å². The van der Waals surface area contributed by atoms with E-state index in [2.05, 4.69) is 15.3 Å². The normalized spacial score (nSPS) is 10.1. The van der Waals surface area contributed by atoms with Gasteiger partial charge in [-0.3, -0.25) is 0 Å². The van der Waals surface area contributed by atoms with Gasteiger partial charge in [-0.05, 0) is 24.6 Å². The number of carbonyl (C=O) groups is 1. The summed E-state index contributed by atoms with van der Waals surface area (Å²) in [7, 11) is 0. The highest BCUT2D eigenvalue weighted by Crippen LogP contribution is 2.18. The zero-order valence-electron chi connectivity index (χ0n) is 11.0. The molecule has 0 aliphatic heterocycles. The van der Waals surface area contributed by atoms with Crippen LogP contribution in [-0.4, -0.2) is 27.7 Å². The first kappa shape index (κ1) is 13.8. The van der Waals surface area contributed by atoms with E-state index >= 15 is 0 Å². The number of aromatic nitrogens is 2. The van der Waals surface area contributed by atoms with E-state index in [9.17, 15) is 4.79 Å². The monoisotopic (exact) mass is 273 g/mol. The number of carboxylic acids is 1. The molecule has 0 saturated carbocycles. The number of hydrogen-bond donors (Lipinski definition) is 2. The number of hydrogen-bond acceptors (Lipinski definition) is 5. The quantitative estimate of drug-likeness (QED) is 0.841. The predicted molar refractivity (Wildman–Crippen MR) is 74.5 cm³/mol. The standard InChI is InChI=1S/C14H15N3O3/c1-2-6-20-13-8-12(15-9-16-13)17-11-5-3-4-10(7-11)14(18)19/h3-5,7-9H,2,6H2,1H3,(H,18,19)(H,15,16,17). The summed E-state index contributed by atoms with van der Waals surface area (Å²) < 4.78 is 5.41. The summed E-state index contributed by atoms with van der Waals surface area (Å²) in [6.45, 7) is 2.60. The summed E-state index contributed by atoms with van der Waals surface area (Å²) >= 11 is 0. The molecule has 1 aromatic heterocycles. The molecule has 2 N–H and O–H groups in total. The van der Waals surface area contributed by atoms with Gasteiger partial charge < -0.3 is 15.2 Å². The first-order chi connectivity index (χ1) is 9.69. The van der Waals surface area contributed by atoms with Crippen LogP contribution in [0.25, 0.3) is 0 Å². The topological polar surface area (TPSA) is 84.3 Å². The Morgan fingerprint density at radius 3 is 2.95 bits per heavy atom. The lowest BCUT2D eigenvalue weighted by Crippen LogP contribution is -2.01. The number of anilines is 2. The molecule has 6 heteroatoms. The Kier molecular flexibility index (Phi) is 4.49. The minimum Gasteiger partial charge on any atom is -0.478 e. The van der Waals surface area contributed by atoms with Crippen LogP contribution in [0.2, 0.25) is 0 Å². The van der Waals surface area contributed by atoms with Crippen LogP contribution < -0.4 is 10.1 Å². The second-order valence-electron chi connectivity index (χ2n) is 4.10. The van der Waals surface area contributed by atoms with Crippen molar-refractivity contribution in [3.05, 3.63) is 42.2 Å². The lowest BCUT2D eigenvalue weighted by molar-refractivity contribution is 0.0697. The third-order valence-corrected chi connectivity index (χ3v) is 2.48. The third kappa shape index (κ3) is 3.68. The maximum absolute atomic E-state index is 10.9. The van der Waals surface area contributed by atoms with Gasteiger partial charge in [0.05, 0.1) is 12.2 Å². The van der Waals surface area contributed by atoms with Crippen LogP contribution in [0.15, 0.2) is 36.7 Å². The van der Waals surface area contributed by atoms with E-state index in [0.29, 0.717) is 24.0 Å². The van der Waals surface area contributed by atoms with Crippen molar-refractivity contribution in [1.82, 2.24) is 9.97 Å². The fourth-order valence-corrected chi connectivity index (χ4v) is 1.57. The molecule has 2 rings (SSSR count). The van der Waals surface area contributed by atoms with E-state index in [1.807, 2.05) is 6.92 Å². The maximum Gasteiger partial charge on any atom is 0.335 e. The largest absolute Gasteiger partial charge is 0.478 e. The molecule has 0 amide bonds. The van der Waals surface area contributed by atoms with Gasteiger partial charge in [-0.15, -0.1) is 0 Å². The van der Waals surface area contributed by atoms with Gasteiger partial charge in [-0.1, -0.05) is 13.0 Å². The van der Waals surface area contributed by atoms with Crippen LogP contribution in [0.1, 0.15) is 23.7 Å². The minimum atomic E-state index is -0.969. The zero-order chi connectivity index (χ0) is 14.4. The fraction of sp³-hybridized carbons (Fsp3) is 0.214. The van der Waals surface area contributed by atoms with Crippen LogP contribution in [0.3, 0.4) is 0 Å². The number of aromatic carboxylic acids is 1. The average Bonchev–Trinajstić information content (AvgIpc) is 2.46. The number of nitrogens with zero attached hydrogens (tertiary/aromatic N) is 2. The van der Waals surface area contributed by atoms with Gasteiger partial charge in [0, 0.05) is 11.8 Å². The second kappa shape index (κ2) is 6.51. The number of rotatable bonds is 6. The average molecular weight is 273 g/mol. The van der Waals surface area contributed by atoms with E-state index in [1.165, 1.54) is 18.5 Å². The highest BCUT2D eigenvalue weighted by Gasteiger charge is 2.04. The first-order valence-electron chi connectivity index (χ1n) is 6.24. The lowest BCUT2D eigenvalue weighted by atomic mass is 10.2. The Bertz CT molecular complexity index is 602. The van der Waals surface area contributed by atoms with Crippen LogP contribution >= 0.6 is 0 Å². The smallest absolute Gasteiger partial charge is 0.335 e. The Morgan fingerprint density at radius 1 is 1.35 bits per heavy atom. The van der Waals surface area contributed by atoms with Crippen molar-refractivity contribution in [3.8, 4) is 5.88 Å². The second-order valence-corrected chi connectivity index (χ2v) is 4.10. The summed E-state index contributed by atoms with van der Waals surface area (Å²) in [5, 5.41) is 12.0. The molecule has 1 aromatic carbocycles. The number of ether oxygens (including phenoxy) is 1. The molecule has 2 aromatic rings. The molecule has 0 saturated heterocycles. The van der Waals surface area contributed by atoms with Crippen molar-refractivity contribution in [2.24, 2.45) is 0 Å². The minimum absolute atomic E-state index is 0.214. The van der Waals surface area contributed by atoms with Gasteiger partial charge in [0.2, 0.25) is 5.88 Å². The van der Waals surface area contributed by atoms with Crippen LogP contribution in [0, 0.1) is 0 Å². The molecule has 0 radical (unpaired) electrons. The highest BCUT2D eigenvalue weighted by atomic mass is 16.5. The molecule has 1 heterocycles. The van der Waals surface area contributed by atoms with Crippen molar-refractivity contribution >= 4 is 17.5 Å². The Hall–Kier alpha value is -2.63. The van der Waals surface area contributed by atoms with E-state index in [4.69, 9.17) is 9.84 Å². The van der Waals surface area contributed by atoms with E-state index in [-0.39, 0.29) is 5.56 Å². The maximum atomic E-state index is 10.9. The van der Waals surface area contributed by atoms with Gasteiger partial charge >= 0.3 is 5.97 Å². The molecular weight excluding hydrogens is 258 g/mol. The molecule has 104 valence electrons. The molecule has 0 atom stereocenters. The zero-order valence-corrected chi connectivity index (χ0v) is 11.0. The van der Waals surface area contributed by atoms with Crippen molar-refractivity contribution in [2.75, 3.05) is 11.9 Å². The van der Waals surface area contributed by atoms with Gasteiger partial charge in [0.25, 0.3) is 0 Å². The summed E-state index contributed by atoms with van der Waals surface area (Å²) in [6, 6.07) is 8.17. The molecule has 6 nitrogen and oxygen atoms in total. The fourth-order valence-electron chi connectivity index (χ4n) is 1.57. The molecule has 0 bridgehead atoms. The van der Waals surface area contributed by atoms with Crippen molar-refractivity contribution in [3.63, 3.8) is 0 Å². The SMILES string of the molecule is CCCOc1cc(Nc2cccc(C(=O)O)c2)ncn1. The number of benzene rings is 1. The van der Waals surface area contributed by atoms with Crippen molar-refractivity contribution in [1.29, 1.82) is 0 Å². The molecule has 0 aliphatic rings. The van der Waals surface area contributed by atoms with Crippen molar-refractivity contribution in [2.45, 2.75) is 13.3 Å². The molecule has 20 heavy (non-hydrogen) atoms. The van der Waals surface area contributed by atoms with E-state index in [0.717, 1.165) is 6.42 Å². The molecule has 0 spiro atoms. The first-order valence-corrected chi connectivity index (χ1v) is 6.24. The Morgan fingerprint density at radius 2 is 2.20 bits per heavy atom. The summed E-state index contributed by atoms with van der Waals surface area (Å²) in [4.78, 5) is 19.0. The predicted octanol–water partition coefficient (Wildman–Crippen LogP) is 2.71. The molecule has 0 aliphatic carbocycles. The molecular formula is C14H15N3O3. The van der Waals surface area contributed by atoms with Crippen LogP contribution in [0.4, 0.5) is 11.5 Å². The summed E-state index contributed by atoms with van der Waals surface area (Å²) in [6.07, 6.45) is 2.29. The van der Waals surface area contributed by atoms with E-state index in [1.54, 1.807) is 18.2 Å². The van der Waals surface area contributed by atoms with Gasteiger partial charge in [-0.2, -0.15) is 0 Å². The third-order valence-electron chi connectivity index (χ3n) is 2.48. The van der Waals surface area contributed by atoms with Crippen LogP contribution in [-0.2, 0) is 0 Å². The van der Waals surface area contributed by atoms with E-state index < -0.39 is 5.97 Å². The van der Waals surface area contributed by atoms with Gasteiger partial charge in [0.15, 0.2) is 0 Å². The summed E-state index contributed by atoms with van der Waals surface area (Å²) in [5.41, 5.74) is 0.858. The van der Waals surface area contributed by atoms with Crippen LogP contribution in [0.5, 0.6) is 5.88 Å². The number of nitrogens with one attached hydrogen (secondary N) is 1. The lowest BCUT2D eigenvalue weighted by Gasteiger charge is -2.08. The Balaban J connectivity index is 2.13. The Labute approximate surface area is 116 Å². The summed E-state index contributed by atoms with van der Waals surface area (Å²) in [5.74, 6) is 0.0655. The number of carboxylic acid groups (broad SMARTS) is 1. The molecule has 0 fully saturated rings. The van der Waals surface area contributed by atoms with Crippen molar-refractivity contribution < 1.29 is 14.6 Å².